The van der Waals surface area contributed by atoms with Crippen LogP contribution in [0.25, 0.3) is 0 Å². The van der Waals surface area contributed by atoms with Gasteiger partial charge >= 0.3 is 7.12 Å². The van der Waals surface area contributed by atoms with Gasteiger partial charge in [-0.3, -0.25) is 10.1 Å². The lowest BCUT2D eigenvalue weighted by Gasteiger charge is -2.32. The van der Waals surface area contributed by atoms with Crippen molar-refractivity contribution in [1.82, 2.24) is 0 Å². The highest BCUT2D eigenvalue weighted by atomic mass is 19.1. The topological polar surface area (TPSA) is 61.6 Å². The summed E-state index contributed by atoms with van der Waals surface area (Å²) in [6.45, 7) is 7.40. The maximum absolute atomic E-state index is 13.1. The van der Waals surface area contributed by atoms with E-state index >= 15 is 0 Å². The average Bonchev–Trinajstić information content (AvgIpc) is 2.47. The van der Waals surface area contributed by atoms with E-state index in [1.807, 2.05) is 27.7 Å². The second-order valence-corrected chi connectivity index (χ2v) is 5.55. The fourth-order valence-corrected chi connectivity index (χ4v) is 1.84. The van der Waals surface area contributed by atoms with Crippen LogP contribution in [0.2, 0.25) is 0 Å². The molecule has 7 heteroatoms. The summed E-state index contributed by atoms with van der Waals surface area (Å²) in [5, 5.41) is 11.0. The Hall–Kier alpha value is -1.47. The zero-order valence-corrected chi connectivity index (χ0v) is 11.3. The lowest BCUT2D eigenvalue weighted by molar-refractivity contribution is -0.383. The van der Waals surface area contributed by atoms with E-state index in [2.05, 4.69) is 0 Å². The summed E-state index contributed by atoms with van der Waals surface area (Å²) in [5.74, 6) is -0.660. The van der Waals surface area contributed by atoms with Crippen molar-refractivity contribution in [2.24, 2.45) is 0 Å². The van der Waals surface area contributed by atoms with Gasteiger partial charge in [-0.25, -0.2) is 4.39 Å². The van der Waals surface area contributed by atoms with Crippen LogP contribution in [0.5, 0.6) is 0 Å². The van der Waals surface area contributed by atoms with Crippen molar-refractivity contribution in [2.45, 2.75) is 38.9 Å². The highest BCUT2D eigenvalue weighted by molar-refractivity contribution is 6.63. The maximum atomic E-state index is 13.1. The Labute approximate surface area is 111 Å². The minimum Gasteiger partial charge on any atom is -0.399 e. The number of hydrogen-bond donors (Lipinski definition) is 0. The van der Waals surface area contributed by atoms with Crippen molar-refractivity contribution in [2.75, 3.05) is 0 Å². The summed E-state index contributed by atoms with van der Waals surface area (Å²) in [5.41, 5.74) is -1.30. The van der Waals surface area contributed by atoms with Crippen LogP contribution in [0.1, 0.15) is 27.7 Å². The monoisotopic (exact) mass is 267 g/mol. The Bertz CT molecular complexity index is 516. The highest BCUT2D eigenvalue weighted by Gasteiger charge is 2.53. The summed E-state index contributed by atoms with van der Waals surface area (Å²) in [7, 11) is -0.869. The van der Waals surface area contributed by atoms with Gasteiger partial charge in [0.1, 0.15) is 5.82 Å². The molecule has 0 amide bonds. The predicted octanol–water partition coefficient (Wildman–Crippen LogP) is 2.03. The molecule has 0 N–H and O–H groups in total. The van der Waals surface area contributed by atoms with E-state index < -0.39 is 29.1 Å². The van der Waals surface area contributed by atoms with Gasteiger partial charge in [0.05, 0.1) is 27.7 Å². The molecule has 1 aromatic carbocycles. The summed E-state index contributed by atoms with van der Waals surface area (Å²) < 4.78 is 24.6. The molecule has 0 radical (unpaired) electrons. The van der Waals surface area contributed by atoms with Crippen molar-refractivity contribution in [3.8, 4) is 0 Å². The smallest absolute Gasteiger partial charge is 0.399 e. The Morgan fingerprint density at radius 2 is 1.74 bits per heavy atom. The fraction of sp³-hybridized carbons (Fsp3) is 0.500. The molecule has 0 aliphatic carbocycles. The maximum Gasteiger partial charge on any atom is 0.501 e. The number of halogens is 1. The van der Waals surface area contributed by atoms with E-state index in [9.17, 15) is 14.5 Å². The predicted molar refractivity (Wildman–Crippen MR) is 68.8 cm³/mol. The molecule has 1 aromatic rings. The van der Waals surface area contributed by atoms with Crippen LogP contribution >= 0.6 is 0 Å². The number of nitro benzene ring substituents is 1. The summed E-state index contributed by atoms with van der Waals surface area (Å²) in [4.78, 5) is 10.3. The average molecular weight is 267 g/mol. The van der Waals surface area contributed by atoms with Crippen LogP contribution in [0.15, 0.2) is 18.2 Å². The van der Waals surface area contributed by atoms with Crippen molar-refractivity contribution < 1.29 is 18.6 Å². The van der Waals surface area contributed by atoms with E-state index in [4.69, 9.17) is 9.31 Å². The quantitative estimate of drug-likeness (QED) is 0.467. The molecule has 0 spiro atoms. The molecule has 0 atom stereocenters. The molecule has 19 heavy (non-hydrogen) atoms. The van der Waals surface area contributed by atoms with Gasteiger partial charge < -0.3 is 9.31 Å². The fourth-order valence-electron chi connectivity index (χ4n) is 1.84. The molecule has 1 fully saturated rings. The lowest BCUT2D eigenvalue weighted by atomic mass is 9.78. The molecule has 1 aliphatic rings. The van der Waals surface area contributed by atoms with Crippen LogP contribution < -0.4 is 5.46 Å². The van der Waals surface area contributed by atoms with Gasteiger partial charge in [-0.15, -0.1) is 0 Å². The molecular formula is C12H15BFNO4. The van der Waals surface area contributed by atoms with Gasteiger partial charge in [-0.1, -0.05) is 6.07 Å². The third-order valence-corrected chi connectivity index (χ3v) is 3.70. The normalized spacial score (nSPS) is 20.6. The van der Waals surface area contributed by atoms with Gasteiger partial charge in [0, 0.05) is 0 Å². The van der Waals surface area contributed by atoms with Crippen LogP contribution in [-0.4, -0.2) is 23.2 Å². The summed E-state index contributed by atoms with van der Waals surface area (Å²) in [6.07, 6.45) is 0. The van der Waals surface area contributed by atoms with Gasteiger partial charge in [-0.05, 0) is 33.8 Å². The molecule has 2 rings (SSSR count). The summed E-state index contributed by atoms with van der Waals surface area (Å²) in [6, 6.07) is 3.36. The van der Waals surface area contributed by atoms with Crippen LogP contribution in [0.4, 0.5) is 10.1 Å². The minimum atomic E-state index is -0.869. The highest BCUT2D eigenvalue weighted by Crippen LogP contribution is 2.37. The number of nitrogens with zero attached hydrogens (tertiary/aromatic N) is 1. The molecule has 102 valence electrons. The minimum absolute atomic E-state index is 0.227. The number of rotatable bonds is 2. The Morgan fingerprint density at radius 1 is 1.21 bits per heavy atom. The first-order valence-corrected chi connectivity index (χ1v) is 5.93. The number of benzene rings is 1. The number of nitro groups is 1. The van der Waals surface area contributed by atoms with E-state index in [0.717, 1.165) is 12.1 Å². The first-order chi connectivity index (χ1) is 8.64. The molecule has 0 saturated carbocycles. The van der Waals surface area contributed by atoms with Gasteiger partial charge in [0.15, 0.2) is 0 Å². The standard InChI is InChI=1S/C12H15BFNO4/c1-11(2)12(3,4)19-13(18-11)9-6-5-8(14)7-10(9)15(16)17/h5-7H,1-4H3. The molecule has 5 nitrogen and oxygen atoms in total. The van der Waals surface area contributed by atoms with Gasteiger partial charge in [0.2, 0.25) is 0 Å². The van der Waals surface area contributed by atoms with Gasteiger partial charge in [-0.2, -0.15) is 0 Å². The van der Waals surface area contributed by atoms with Crippen LogP contribution in [-0.2, 0) is 9.31 Å². The lowest BCUT2D eigenvalue weighted by Crippen LogP contribution is -2.41. The third-order valence-electron chi connectivity index (χ3n) is 3.70. The molecule has 0 bridgehead atoms. The first-order valence-electron chi connectivity index (χ1n) is 5.93. The second kappa shape index (κ2) is 4.28. The van der Waals surface area contributed by atoms with Crippen molar-refractivity contribution >= 4 is 18.3 Å². The van der Waals surface area contributed by atoms with E-state index in [-0.39, 0.29) is 11.2 Å². The first kappa shape index (κ1) is 14.0. The van der Waals surface area contributed by atoms with E-state index in [1.54, 1.807) is 0 Å². The third kappa shape index (κ3) is 2.35. The van der Waals surface area contributed by atoms with Crippen molar-refractivity contribution in [3.63, 3.8) is 0 Å². The van der Waals surface area contributed by atoms with E-state index in [0.29, 0.717) is 0 Å². The van der Waals surface area contributed by atoms with E-state index in [1.165, 1.54) is 6.07 Å². The van der Waals surface area contributed by atoms with Crippen molar-refractivity contribution in [1.29, 1.82) is 0 Å². The molecule has 0 aromatic heterocycles. The Balaban J connectivity index is 2.42. The molecule has 1 heterocycles. The van der Waals surface area contributed by atoms with Crippen LogP contribution in [0.3, 0.4) is 0 Å². The zero-order valence-electron chi connectivity index (χ0n) is 11.3. The van der Waals surface area contributed by atoms with Crippen molar-refractivity contribution in [3.05, 3.63) is 34.1 Å². The Morgan fingerprint density at radius 3 is 2.21 bits per heavy atom. The number of hydrogen-bond acceptors (Lipinski definition) is 4. The summed E-state index contributed by atoms with van der Waals surface area (Å²) >= 11 is 0. The molecular weight excluding hydrogens is 252 g/mol. The van der Waals surface area contributed by atoms with Gasteiger partial charge in [0.25, 0.3) is 5.69 Å². The molecule has 1 saturated heterocycles. The SMILES string of the molecule is CC1(C)OB(c2ccc(F)cc2[N+](=O)[O-])OC1(C)C. The molecule has 1 aliphatic heterocycles. The van der Waals surface area contributed by atoms with Crippen LogP contribution in [0, 0.1) is 15.9 Å². The molecule has 0 unspecified atom stereocenters. The Kier molecular flexibility index (Phi) is 3.14. The second-order valence-electron chi connectivity index (χ2n) is 5.55. The zero-order chi connectivity index (χ0) is 14.4. The largest absolute Gasteiger partial charge is 0.501 e.